The second kappa shape index (κ2) is 7.55. The Labute approximate surface area is 160 Å². The molecule has 27 heavy (non-hydrogen) atoms. The van der Waals surface area contributed by atoms with E-state index in [9.17, 15) is 9.59 Å². The molecule has 0 unspecified atom stereocenters. The van der Waals surface area contributed by atoms with Gasteiger partial charge in [0.2, 0.25) is 11.8 Å². The first-order valence-electron chi connectivity index (χ1n) is 9.88. The van der Waals surface area contributed by atoms with Gasteiger partial charge in [0.25, 0.3) is 0 Å². The Morgan fingerprint density at radius 1 is 0.963 bits per heavy atom. The van der Waals surface area contributed by atoms with Crippen molar-refractivity contribution in [2.75, 3.05) is 19.6 Å². The summed E-state index contributed by atoms with van der Waals surface area (Å²) in [5.41, 5.74) is 2.25. The summed E-state index contributed by atoms with van der Waals surface area (Å²) in [7, 11) is 0. The summed E-state index contributed by atoms with van der Waals surface area (Å²) in [4.78, 5) is 27.3. The molecule has 4 heteroatoms. The fourth-order valence-corrected chi connectivity index (χ4v) is 4.62. The molecule has 4 nitrogen and oxygen atoms in total. The average molecular weight is 362 g/mol. The Morgan fingerprint density at radius 3 is 2.19 bits per heavy atom. The van der Waals surface area contributed by atoms with Gasteiger partial charge in [0.1, 0.15) is 5.92 Å². The number of rotatable bonds is 3. The lowest BCUT2D eigenvalue weighted by atomic mass is 9.69. The molecule has 4 rings (SSSR count). The van der Waals surface area contributed by atoms with Gasteiger partial charge in [-0.2, -0.15) is 0 Å². The first-order chi connectivity index (χ1) is 13.2. The lowest BCUT2D eigenvalue weighted by molar-refractivity contribution is -0.145. The molecule has 2 fully saturated rings. The predicted octanol–water partition coefficient (Wildman–Crippen LogP) is 3.12. The summed E-state index contributed by atoms with van der Waals surface area (Å²) >= 11 is 0. The maximum absolute atomic E-state index is 13.2. The zero-order chi connectivity index (χ0) is 18.7. The Morgan fingerprint density at radius 2 is 1.59 bits per heavy atom. The van der Waals surface area contributed by atoms with Gasteiger partial charge in [-0.15, -0.1) is 0 Å². The molecule has 0 aromatic heterocycles. The number of carbonyl (C=O) groups is 2. The topological polar surface area (TPSA) is 49.4 Å². The van der Waals surface area contributed by atoms with E-state index in [0.29, 0.717) is 19.5 Å². The van der Waals surface area contributed by atoms with Gasteiger partial charge in [0.15, 0.2) is 0 Å². The zero-order valence-electron chi connectivity index (χ0n) is 15.6. The molecule has 0 aliphatic carbocycles. The standard InChI is InChI=1S/C23H26N2O2/c26-21-20(13-7-15-24-21)22(27)25-16-8-14-23(17-25,18-9-3-1-4-10-18)19-11-5-2-6-12-19/h1-6,9-12,20H,7-8,13-17H2,(H,24,26)/t20-/m0/s1. The van der Waals surface area contributed by atoms with Crippen molar-refractivity contribution in [2.24, 2.45) is 5.92 Å². The summed E-state index contributed by atoms with van der Waals surface area (Å²) in [6, 6.07) is 21.0. The minimum absolute atomic E-state index is 0.0110. The van der Waals surface area contributed by atoms with Crippen molar-refractivity contribution in [3.63, 3.8) is 0 Å². The molecule has 2 aromatic carbocycles. The molecule has 1 atom stereocenters. The highest BCUT2D eigenvalue weighted by Crippen LogP contribution is 2.40. The fraction of sp³-hybridized carbons (Fsp3) is 0.391. The maximum atomic E-state index is 13.2. The van der Waals surface area contributed by atoms with Crippen molar-refractivity contribution in [3.8, 4) is 0 Å². The Bertz CT molecular complexity index is 764. The number of nitrogens with one attached hydrogen (secondary N) is 1. The van der Waals surface area contributed by atoms with Gasteiger partial charge in [0, 0.05) is 25.0 Å². The van der Waals surface area contributed by atoms with Crippen LogP contribution in [0.1, 0.15) is 36.8 Å². The Hall–Kier alpha value is -2.62. The number of amides is 2. The Balaban J connectivity index is 1.68. The predicted molar refractivity (Wildman–Crippen MR) is 105 cm³/mol. The van der Waals surface area contributed by atoms with Gasteiger partial charge in [-0.25, -0.2) is 0 Å². The number of benzene rings is 2. The molecule has 2 aromatic rings. The monoisotopic (exact) mass is 362 g/mol. The van der Waals surface area contributed by atoms with Gasteiger partial charge < -0.3 is 10.2 Å². The largest absolute Gasteiger partial charge is 0.355 e. The van der Waals surface area contributed by atoms with Gasteiger partial charge in [-0.3, -0.25) is 9.59 Å². The van der Waals surface area contributed by atoms with E-state index >= 15 is 0 Å². The van der Waals surface area contributed by atoms with Crippen molar-refractivity contribution < 1.29 is 9.59 Å². The van der Waals surface area contributed by atoms with E-state index in [1.54, 1.807) is 0 Å². The maximum Gasteiger partial charge on any atom is 0.235 e. The summed E-state index contributed by atoms with van der Waals surface area (Å²) in [5.74, 6) is -0.647. The SMILES string of the molecule is O=C1NCCC[C@@H]1C(=O)N1CCCC(c2ccccc2)(c2ccccc2)C1. The summed E-state index contributed by atoms with van der Waals surface area (Å²) in [6.45, 7) is 2.04. The van der Waals surface area contributed by atoms with E-state index < -0.39 is 5.92 Å². The third-order valence-corrected chi connectivity index (χ3v) is 6.04. The van der Waals surface area contributed by atoms with Crippen molar-refractivity contribution in [1.29, 1.82) is 0 Å². The van der Waals surface area contributed by atoms with E-state index in [4.69, 9.17) is 0 Å². The van der Waals surface area contributed by atoms with Crippen LogP contribution in [0, 0.1) is 5.92 Å². The molecule has 0 bridgehead atoms. The van der Waals surface area contributed by atoms with Crippen LogP contribution in [0.4, 0.5) is 0 Å². The zero-order valence-corrected chi connectivity index (χ0v) is 15.6. The second-order valence-corrected chi connectivity index (χ2v) is 7.66. The highest BCUT2D eigenvalue weighted by molar-refractivity contribution is 6.00. The summed E-state index contributed by atoms with van der Waals surface area (Å²) in [5, 5.41) is 2.85. The number of carbonyl (C=O) groups excluding carboxylic acids is 2. The third-order valence-electron chi connectivity index (χ3n) is 6.04. The molecular weight excluding hydrogens is 336 g/mol. The van der Waals surface area contributed by atoms with Crippen LogP contribution in [-0.4, -0.2) is 36.3 Å². The molecule has 2 aliphatic heterocycles. The van der Waals surface area contributed by atoms with Crippen LogP contribution in [0.3, 0.4) is 0 Å². The minimum Gasteiger partial charge on any atom is -0.355 e. The molecule has 140 valence electrons. The van der Waals surface area contributed by atoms with Crippen LogP contribution in [0.2, 0.25) is 0 Å². The van der Waals surface area contributed by atoms with Crippen molar-refractivity contribution in [2.45, 2.75) is 31.1 Å². The first kappa shape index (κ1) is 17.8. The van der Waals surface area contributed by atoms with Crippen LogP contribution in [0.25, 0.3) is 0 Å². The van der Waals surface area contributed by atoms with Crippen molar-refractivity contribution in [1.82, 2.24) is 10.2 Å². The lowest BCUT2D eigenvalue weighted by Gasteiger charge is -2.45. The van der Waals surface area contributed by atoms with E-state index in [1.807, 2.05) is 17.0 Å². The first-order valence-corrected chi connectivity index (χ1v) is 9.88. The molecule has 0 spiro atoms. The molecule has 2 saturated heterocycles. The van der Waals surface area contributed by atoms with E-state index in [-0.39, 0.29) is 17.2 Å². The number of piperidine rings is 2. The number of hydrogen-bond acceptors (Lipinski definition) is 2. The summed E-state index contributed by atoms with van der Waals surface area (Å²) < 4.78 is 0. The molecule has 1 N–H and O–H groups in total. The van der Waals surface area contributed by atoms with Crippen LogP contribution in [0.5, 0.6) is 0 Å². The van der Waals surface area contributed by atoms with Crippen LogP contribution < -0.4 is 5.32 Å². The van der Waals surface area contributed by atoms with Gasteiger partial charge >= 0.3 is 0 Å². The highest BCUT2D eigenvalue weighted by Gasteiger charge is 2.42. The van der Waals surface area contributed by atoms with Gasteiger partial charge in [0.05, 0.1) is 0 Å². The number of hydrogen-bond donors (Lipinski definition) is 1. The van der Waals surface area contributed by atoms with E-state index in [0.717, 1.165) is 25.8 Å². The molecule has 2 aliphatic rings. The molecule has 2 heterocycles. The molecule has 0 saturated carbocycles. The van der Waals surface area contributed by atoms with Crippen LogP contribution >= 0.6 is 0 Å². The van der Waals surface area contributed by atoms with Crippen LogP contribution in [0.15, 0.2) is 60.7 Å². The number of nitrogens with zero attached hydrogens (tertiary/aromatic N) is 1. The Kier molecular flexibility index (Phi) is 4.97. The van der Waals surface area contributed by atoms with Gasteiger partial charge in [-0.05, 0) is 36.8 Å². The lowest BCUT2D eigenvalue weighted by Crippen LogP contribution is -2.53. The molecule has 2 amide bonds. The highest BCUT2D eigenvalue weighted by atomic mass is 16.2. The van der Waals surface area contributed by atoms with E-state index in [2.05, 4.69) is 53.8 Å². The molecule has 0 radical (unpaired) electrons. The van der Waals surface area contributed by atoms with E-state index in [1.165, 1.54) is 11.1 Å². The van der Waals surface area contributed by atoms with Crippen molar-refractivity contribution >= 4 is 11.8 Å². The molecular formula is C23H26N2O2. The van der Waals surface area contributed by atoms with Gasteiger partial charge in [-0.1, -0.05) is 60.7 Å². The third kappa shape index (κ3) is 3.36. The fourth-order valence-electron chi connectivity index (χ4n) is 4.62. The smallest absolute Gasteiger partial charge is 0.235 e. The van der Waals surface area contributed by atoms with Crippen LogP contribution in [-0.2, 0) is 15.0 Å². The minimum atomic E-state index is -0.527. The quantitative estimate of drug-likeness (QED) is 0.853. The second-order valence-electron chi connectivity index (χ2n) is 7.66. The summed E-state index contributed by atoms with van der Waals surface area (Å²) in [6.07, 6.45) is 3.47. The number of likely N-dealkylation sites (tertiary alicyclic amines) is 1. The average Bonchev–Trinajstić information content (AvgIpc) is 2.75. The van der Waals surface area contributed by atoms with Crippen molar-refractivity contribution in [3.05, 3.63) is 71.8 Å². The normalized spacial score (nSPS) is 22.1.